The molecular formula is C15H17F2NO2. The van der Waals surface area contributed by atoms with Gasteiger partial charge in [-0.2, -0.15) is 0 Å². The summed E-state index contributed by atoms with van der Waals surface area (Å²) in [4.78, 5) is 4.34. The number of alkyl halides is 1. The molecule has 4 atom stereocenters. The molecule has 3 rings (SSSR count). The van der Waals surface area contributed by atoms with E-state index < -0.39 is 18.0 Å². The summed E-state index contributed by atoms with van der Waals surface area (Å²) in [5.74, 6) is -0.380. The molecule has 0 spiro atoms. The zero-order valence-corrected chi connectivity index (χ0v) is 11.5. The molecule has 0 N–H and O–H groups in total. The average molecular weight is 281 g/mol. The summed E-state index contributed by atoms with van der Waals surface area (Å²) in [6, 6.07) is 6.22. The number of halogens is 2. The van der Waals surface area contributed by atoms with E-state index in [1.807, 2.05) is 6.92 Å². The molecule has 1 aromatic rings. The van der Waals surface area contributed by atoms with Crippen molar-refractivity contribution in [3.8, 4) is 0 Å². The van der Waals surface area contributed by atoms with Crippen LogP contribution < -0.4 is 0 Å². The van der Waals surface area contributed by atoms with E-state index in [9.17, 15) is 8.78 Å². The Labute approximate surface area is 116 Å². The van der Waals surface area contributed by atoms with Crippen LogP contribution in [0.5, 0.6) is 0 Å². The number of benzene rings is 1. The van der Waals surface area contributed by atoms with Crippen LogP contribution in [0.15, 0.2) is 29.3 Å². The van der Waals surface area contributed by atoms with Crippen LogP contribution in [0.25, 0.3) is 0 Å². The summed E-state index contributed by atoms with van der Waals surface area (Å²) in [6.45, 7) is 3.10. The number of hydrogen-bond acceptors (Lipinski definition) is 3. The molecule has 0 bridgehead atoms. The van der Waals surface area contributed by atoms with Crippen molar-refractivity contribution in [2.75, 3.05) is 13.3 Å². The first kappa shape index (κ1) is 13.5. The standard InChI is InChI=1S/C15H17F2NO2/c1-9-14-12(7-19-9)15(8-16,18-10(2)20-14)11-5-3-4-6-13(11)17/h3-6,9,12,14H,7-8H2,1-2H3/t9-,12+,14-,15-/m1/s1. The topological polar surface area (TPSA) is 30.8 Å². The highest BCUT2D eigenvalue weighted by Crippen LogP contribution is 2.45. The predicted molar refractivity (Wildman–Crippen MR) is 70.9 cm³/mol. The third-order valence-corrected chi connectivity index (χ3v) is 4.22. The number of nitrogens with zero attached hydrogens (tertiary/aromatic N) is 1. The van der Waals surface area contributed by atoms with Gasteiger partial charge in [0.1, 0.15) is 24.1 Å². The van der Waals surface area contributed by atoms with Crippen molar-refractivity contribution in [1.82, 2.24) is 0 Å². The van der Waals surface area contributed by atoms with Crippen molar-refractivity contribution < 1.29 is 18.3 Å². The van der Waals surface area contributed by atoms with Gasteiger partial charge >= 0.3 is 0 Å². The number of fused-ring (bicyclic) bond motifs is 1. The van der Waals surface area contributed by atoms with E-state index in [1.165, 1.54) is 6.07 Å². The Morgan fingerprint density at radius 1 is 1.40 bits per heavy atom. The Morgan fingerprint density at radius 2 is 2.15 bits per heavy atom. The molecular weight excluding hydrogens is 264 g/mol. The molecule has 3 nitrogen and oxygen atoms in total. The third-order valence-electron chi connectivity index (χ3n) is 4.22. The van der Waals surface area contributed by atoms with Crippen LogP contribution in [0.4, 0.5) is 8.78 Å². The normalized spacial score (nSPS) is 36.2. The highest BCUT2D eigenvalue weighted by Gasteiger charge is 2.55. The Kier molecular flexibility index (Phi) is 3.24. The lowest BCUT2D eigenvalue weighted by Crippen LogP contribution is -2.49. The highest BCUT2D eigenvalue weighted by atomic mass is 19.1. The molecule has 2 aliphatic heterocycles. The van der Waals surface area contributed by atoms with Crippen LogP contribution in [0.3, 0.4) is 0 Å². The summed E-state index contributed by atoms with van der Waals surface area (Å²) in [5, 5.41) is 0. The summed E-state index contributed by atoms with van der Waals surface area (Å²) >= 11 is 0. The van der Waals surface area contributed by atoms with Gasteiger partial charge < -0.3 is 9.47 Å². The molecule has 1 aromatic carbocycles. The fraction of sp³-hybridized carbons (Fsp3) is 0.533. The second kappa shape index (κ2) is 4.81. The Bertz CT molecular complexity index is 548. The summed E-state index contributed by atoms with van der Waals surface area (Å²) in [7, 11) is 0. The summed E-state index contributed by atoms with van der Waals surface area (Å²) in [5.41, 5.74) is -0.971. The van der Waals surface area contributed by atoms with Gasteiger partial charge in [-0.15, -0.1) is 0 Å². The molecule has 0 aliphatic carbocycles. The zero-order chi connectivity index (χ0) is 14.3. The fourth-order valence-electron chi connectivity index (χ4n) is 3.22. The SMILES string of the molecule is CC1=N[C@](CF)(c2ccccc2F)[C@H]2CO[C@H](C)[C@H]2O1. The van der Waals surface area contributed by atoms with Crippen LogP contribution in [-0.2, 0) is 15.0 Å². The average Bonchev–Trinajstić information content (AvgIpc) is 2.80. The molecule has 0 saturated carbocycles. The monoisotopic (exact) mass is 281 g/mol. The highest BCUT2D eigenvalue weighted by molar-refractivity contribution is 5.75. The van der Waals surface area contributed by atoms with E-state index in [0.29, 0.717) is 12.5 Å². The molecule has 0 unspecified atom stereocenters. The first-order valence-corrected chi connectivity index (χ1v) is 6.74. The summed E-state index contributed by atoms with van der Waals surface area (Å²) < 4.78 is 39.4. The van der Waals surface area contributed by atoms with Gasteiger partial charge in [0.05, 0.1) is 18.6 Å². The molecule has 108 valence electrons. The van der Waals surface area contributed by atoms with Crippen molar-refractivity contribution in [3.63, 3.8) is 0 Å². The van der Waals surface area contributed by atoms with Crippen molar-refractivity contribution in [3.05, 3.63) is 35.6 Å². The molecule has 1 saturated heterocycles. The van der Waals surface area contributed by atoms with Gasteiger partial charge in [0.2, 0.25) is 0 Å². The minimum Gasteiger partial charge on any atom is -0.475 e. The van der Waals surface area contributed by atoms with Gasteiger partial charge in [-0.3, -0.25) is 0 Å². The molecule has 0 radical (unpaired) electrons. The second-order valence-corrected chi connectivity index (χ2v) is 5.40. The van der Waals surface area contributed by atoms with Crippen molar-refractivity contribution >= 4 is 5.90 Å². The molecule has 1 fully saturated rings. The van der Waals surface area contributed by atoms with Crippen LogP contribution in [0.1, 0.15) is 19.4 Å². The number of aliphatic imine (C=N–C) groups is 1. The van der Waals surface area contributed by atoms with Gasteiger partial charge in [0.25, 0.3) is 0 Å². The molecule has 5 heteroatoms. The van der Waals surface area contributed by atoms with Gasteiger partial charge in [-0.1, -0.05) is 18.2 Å². The van der Waals surface area contributed by atoms with Crippen molar-refractivity contribution in [2.24, 2.45) is 10.9 Å². The lowest BCUT2D eigenvalue weighted by Gasteiger charge is -2.40. The number of rotatable bonds is 2. The molecule has 20 heavy (non-hydrogen) atoms. The molecule has 0 aromatic heterocycles. The van der Waals surface area contributed by atoms with E-state index >= 15 is 0 Å². The first-order valence-electron chi connectivity index (χ1n) is 6.74. The van der Waals surface area contributed by atoms with Crippen LogP contribution in [0.2, 0.25) is 0 Å². The number of ether oxygens (including phenoxy) is 2. The second-order valence-electron chi connectivity index (χ2n) is 5.40. The molecule has 0 amide bonds. The van der Waals surface area contributed by atoms with E-state index in [2.05, 4.69) is 4.99 Å². The maximum atomic E-state index is 14.2. The van der Waals surface area contributed by atoms with Gasteiger partial charge in [-0.25, -0.2) is 13.8 Å². The Hall–Kier alpha value is -1.49. The first-order chi connectivity index (χ1) is 9.58. The lowest BCUT2D eigenvalue weighted by molar-refractivity contribution is 0.0344. The van der Waals surface area contributed by atoms with Crippen LogP contribution >= 0.6 is 0 Å². The predicted octanol–water partition coefficient (Wildman–Crippen LogP) is 2.84. The maximum Gasteiger partial charge on any atom is 0.181 e. The fourth-order valence-corrected chi connectivity index (χ4v) is 3.22. The Balaban J connectivity index is 2.15. The van der Waals surface area contributed by atoms with Crippen LogP contribution in [-0.4, -0.2) is 31.4 Å². The third kappa shape index (κ3) is 1.84. The smallest absolute Gasteiger partial charge is 0.181 e. The summed E-state index contributed by atoms with van der Waals surface area (Å²) in [6.07, 6.45) is -0.439. The van der Waals surface area contributed by atoms with Gasteiger partial charge in [0.15, 0.2) is 5.90 Å². The van der Waals surface area contributed by atoms with Gasteiger partial charge in [-0.05, 0) is 13.0 Å². The van der Waals surface area contributed by atoms with Crippen molar-refractivity contribution in [1.29, 1.82) is 0 Å². The van der Waals surface area contributed by atoms with Crippen molar-refractivity contribution in [2.45, 2.75) is 31.6 Å². The van der Waals surface area contributed by atoms with Crippen LogP contribution in [0, 0.1) is 11.7 Å². The zero-order valence-electron chi connectivity index (χ0n) is 11.5. The minimum atomic E-state index is -1.25. The van der Waals surface area contributed by atoms with Gasteiger partial charge in [0, 0.05) is 12.5 Å². The lowest BCUT2D eigenvalue weighted by atomic mass is 9.75. The minimum absolute atomic E-state index is 0.150. The molecule has 2 aliphatic rings. The van der Waals surface area contributed by atoms with E-state index in [4.69, 9.17) is 9.47 Å². The Morgan fingerprint density at radius 3 is 2.85 bits per heavy atom. The van der Waals surface area contributed by atoms with E-state index in [0.717, 1.165) is 0 Å². The molecule has 2 heterocycles. The quantitative estimate of drug-likeness (QED) is 0.834. The van der Waals surface area contributed by atoms with E-state index in [-0.39, 0.29) is 23.7 Å². The van der Waals surface area contributed by atoms with E-state index in [1.54, 1.807) is 25.1 Å². The number of hydrogen-bond donors (Lipinski definition) is 0. The largest absolute Gasteiger partial charge is 0.475 e. The maximum absolute atomic E-state index is 14.2.